The summed E-state index contributed by atoms with van der Waals surface area (Å²) in [5, 5.41) is 0. The molecule has 1 aromatic carbocycles. The first kappa shape index (κ1) is 16.5. The molecule has 0 spiro atoms. The molecule has 1 unspecified atom stereocenters. The van der Waals surface area contributed by atoms with Gasteiger partial charge in [-0.25, -0.2) is 0 Å². The van der Waals surface area contributed by atoms with Crippen molar-refractivity contribution < 1.29 is 14.3 Å². The van der Waals surface area contributed by atoms with E-state index in [2.05, 4.69) is 10.8 Å². The topological polar surface area (TPSA) is 61.5 Å². The predicted octanol–water partition coefficient (Wildman–Crippen LogP) is 3.13. The quantitative estimate of drug-likeness (QED) is 0.586. The third kappa shape index (κ3) is 5.21. The molecule has 0 bridgehead atoms. The zero-order valence-corrected chi connectivity index (χ0v) is 12.6. The molecule has 0 radical (unpaired) electrons. The second kappa shape index (κ2) is 8.59. The number of carbonyl (C=O) groups is 1. The summed E-state index contributed by atoms with van der Waals surface area (Å²) in [7, 11) is 1.41. The molecule has 0 aliphatic heterocycles. The Balaban J connectivity index is 2.55. The van der Waals surface area contributed by atoms with Gasteiger partial charge < -0.3 is 15.2 Å². The Bertz CT molecular complexity index is 432. The number of unbranched alkanes of at least 4 members (excludes halogenated alkanes) is 1. The lowest BCUT2D eigenvalue weighted by Gasteiger charge is -2.17. The molecule has 112 valence electrons. The molecule has 0 saturated heterocycles. The van der Waals surface area contributed by atoms with E-state index in [4.69, 9.17) is 10.5 Å². The molecule has 0 aliphatic rings. The van der Waals surface area contributed by atoms with Crippen LogP contribution in [0.1, 0.15) is 49.8 Å². The lowest BCUT2D eigenvalue weighted by atomic mass is 9.98. The number of aryl methyl sites for hydroxylation is 1. The summed E-state index contributed by atoms with van der Waals surface area (Å²) in [6.45, 7) is 4.64. The van der Waals surface area contributed by atoms with Gasteiger partial charge in [-0.1, -0.05) is 24.1 Å². The molecule has 2 N–H and O–H groups in total. The standard InChI is InChI=1S/C16H25NO3/c1-4-20-15-10-9-12(2)11-13(15)14(17)7-5-6-8-16(18)19-3/h9-11,14H,4-8,17H2,1-3H3. The van der Waals surface area contributed by atoms with Crippen molar-refractivity contribution in [1.29, 1.82) is 0 Å². The van der Waals surface area contributed by atoms with Crippen molar-refractivity contribution in [3.63, 3.8) is 0 Å². The molecule has 0 saturated carbocycles. The van der Waals surface area contributed by atoms with Gasteiger partial charge in [0.15, 0.2) is 0 Å². The van der Waals surface area contributed by atoms with E-state index in [1.807, 2.05) is 26.0 Å². The van der Waals surface area contributed by atoms with E-state index in [0.717, 1.165) is 30.6 Å². The molecule has 1 aromatic rings. The van der Waals surface area contributed by atoms with Crippen LogP contribution in [0.25, 0.3) is 0 Å². The summed E-state index contributed by atoms with van der Waals surface area (Å²) in [6.07, 6.45) is 2.99. The van der Waals surface area contributed by atoms with Crippen molar-refractivity contribution in [2.24, 2.45) is 5.73 Å². The van der Waals surface area contributed by atoms with Crippen LogP contribution >= 0.6 is 0 Å². The third-order valence-corrected chi connectivity index (χ3v) is 3.24. The smallest absolute Gasteiger partial charge is 0.305 e. The van der Waals surface area contributed by atoms with Crippen LogP contribution in [0.3, 0.4) is 0 Å². The van der Waals surface area contributed by atoms with Gasteiger partial charge in [0.25, 0.3) is 0 Å². The summed E-state index contributed by atoms with van der Waals surface area (Å²) in [4.78, 5) is 11.0. The first-order valence-corrected chi connectivity index (χ1v) is 7.14. The molecule has 0 amide bonds. The van der Waals surface area contributed by atoms with Crippen molar-refractivity contribution in [3.05, 3.63) is 29.3 Å². The zero-order valence-electron chi connectivity index (χ0n) is 12.6. The predicted molar refractivity (Wildman–Crippen MR) is 79.8 cm³/mol. The Hall–Kier alpha value is -1.55. The molecule has 0 aromatic heterocycles. The van der Waals surface area contributed by atoms with Crippen LogP contribution in [0.5, 0.6) is 5.75 Å². The lowest BCUT2D eigenvalue weighted by Crippen LogP contribution is -2.12. The summed E-state index contributed by atoms with van der Waals surface area (Å²) in [6, 6.07) is 6.02. The molecule has 0 heterocycles. The number of benzene rings is 1. The van der Waals surface area contributed by atoms with Crippen LogP contribution in [0.4, 0.5) is 0 Å². The second-order valence-electron chi connectivity index (χ2n) is 4.90. The fourth-order valence-electron chi connectivity index (χ4n) is 2.14. The SMILES string of the molecule is CCOc1ccc(C)cc1C(N)CCCCC(=O)OC. The fraction of sp³-hybridized carbons (Fsp3) is 0.562. The second-order valence-corrected chi connectivity index (χ2v) is 4.90. The number of rotatable bonds is 8. The van der Waals surface area contributed by atoms with Crippen molar-refractivity contribution in [2.45, 2.75) is 45.6 Å². The summed E-state index contributed by atoms with van der Waals surface area (Å²) in [5.74, 6) is 0.697. The number of carbonyl (C=O) groups excluding carboxylic acids is 1. The van der Waals surface area contributed by atoms with E-state index in [1.165, 1.54) is 12.7 Å². The summed E-state index contributed by atoms with van der Waals surface area (Å²) in [5.41, 5.74) is 8.47. The third-order valence-electron chi connectivity index (χ3n) is 3.24. The van der Waals surface area contributed by atoms with Crippen LogP contribution in [-0.2, 0) is 9.53 Å². The van der Waals surface area contributed by atoms with Crippen LogP contribution in [-0.4, -0.2) is 19.7 Å². The number of esters is 1. The van der Waals surface area contributed by atoms with E-state index in [9.17, 15) is 4.79 Å². The van der Waals surface area contributed by atoms with Crippen molar-refractivity contribution >= 4 is 5.97 Å². The van der Waals surface area contributed by atoms with Gasteiger partial charge in [0.1, 0.15) is 5.75 Å². The minimum atomic E-state index is -0.163. The highest BCUT2D eigenvalue weighted by molar-refractivity contribution is 5.68. The number of methoxy groups -OCH3 is 1. The van der Waals surface area contributed by atoms with E-state index < -0.39 is 0 Å². The molecular formula is C16H25NO3. The maximum absolute atomic E-state index is 11.0. The average molecular weight is 279 g/mol. The van der Waals surface area contributed by atoms with E-state index in [1.54, 1.807) is 0 Å². The van der Waals surface area contributed by atoms with Gasteiger partial charge in [0, 0.05) is 18.0 Å². The number of hydrogen-bond acceptors (Lipinski definition) is 4. The van der Waals surface area contributed by atoms with Crippen LogP contribution < -0.4 is 10.5 Å². The fourth-order valence-corrected chi connectivity index (χ4v) is 2.14. The molecule has 20 heavy (non-hydrogen) atoms. The lowest BCUT2D eigenvalue weighted by molar-refractivity contribution is -0.140. The molecule has 0 fully saturated rings. The van der Waals surface area contributed by atoms with Gasteiger partial charge in [0.2, 0.25) is 0 Å². The van der Waals surface area contributed by atoms with Crippen LogP contribution in [0.15, 0.2) is 18.2 Å². The minimum absolute atomic E-state index is 0.0610. The summed E-state index contributed by atoms with van der Waals surface area (Å²) < 4.78 is 10.2. The van der Waals surface area contributed by atoms with Gasteiger partial charge in [-0.3, -0.25) is 4.79 Å². The molecule has 0 aliphatic carbocycles. The maximum atomic E-state index is 11.0. The van der Waals surface area contributed by atoms with Crippen molar-refractivity contribution in [3.8, 4) is 5.75 Å². The highest BCUT2D eigenvalue weighted by Crippen LogP contribution is 2.28. The Labute approximate surface area is 121 Å². The van der Waals surface area contributed by atoms with Crippen molar-refractivity contribution in [1.82, 2.24) is 0 Å². The van der Waals surface area contributed by atoms with E-state index in [-0.39, 0.29) is 12.0 Å². The number of ether oxygens (including phenoxy) is 2. The Morgan fingerprint density at radius 3 is 2.75 bits per heavy atom. The van der Waals surface area contributed by atoms with E-state index >= 15 is 0 Å². The summed E-state index contributed by atoms with van der Waals surface area (Å²) >= 11 is 0. The zero-order chi connectivity index (χ0) is 15.0. The molecular weight excluding hydrogens is 254 g/mol. The Kier molecular flexibility index (Phi) is 7.09. The largest absolute Gasteiger partial charge is 0.494 e. The first-order chi connectivity index (χ1) is 9.58. The first-order valence-electron chi connectivity index (χ1n) is 7.14. The van der Waals surface area contributed by atoms with Crippen LogP contribution in [0.2, 0.25) is 0 Å². The highest BCUT2D eigenvalue weighted by Gasteiger charge is 2.12. The Morgan fingerprint density at radius 2 is 2.10 bits per heavy atom. The molecule has 4 heteroatoms. The van der Waals surface area contributed by atoms with Crippen molar-refractivity contribution in [2.75, 3.05) is 13.7 Å². The van der Waals surface area contributed by atoms with Gasteiger partial charge in [-0.15, -0.1) is 0 Å². The molecule has 1 rings (SSSR count). The number of nitrogens with two attached hydrogens (primary N) is 1. The monoisotopic (exact) mass is 279 g/mol. The average Bonchev–Trinajstić information content (AvgIpc) is 2.45. The van der Waals surface area contributed by atoms with Crippen LogP contribution in [0, 0.1) is 6.92 Å². The molecule has 4 nitrogen and oxygen atoms in total. The van der Waals surface area contributed by atoms with Gasteiger partial charge in [-0.2, -0.15) is 0 Å². The normalized spacial score (nSPS) is 12.0. The van der Waals surface area contributed by atoms with E-state index in [0.29, 0.717) is 13.0 Å². The van der Waals surface area contributed by atoms with Gasteiger partial charge in [0.05, 0.1) is 13.7 Å². The number of hydrogen-bond donors (Lipinski definition) is 1. The van der Waals surface area contributed by atoms with Gasteiger partial charge in [-0.05, 0) is 32.8 Å². The Morgan fingerprint density at radius 1 is 1.35 bits per heavy atom. The highest BCUT2D eigenvalue weighted by atomic mass is 16.5. The van der Waals surface area contributed by atoms with Gasteiger partial charge >= 0.3 is 5.97 Å². The maximum Gasteiger partial charge on any atom is 0.305 e. The molecule has 1 atom stereocenters. The minimum Gasteiger partial charge on any atom is -0.494 e.